The number of methoxy groups -OCH3 is 4. The maximum atomic E-state index is 5.69. The molecule has 0 atom stereocenters. The van der Waals surface area contributed by atoms with Gasteiger partial charge in [0.25, 0.3) is 5.84 Å². The van der Waals surface area contributed by atoms with Gasteiger partial charge in [-0.1, -0.05) is 72.8 Å². The Hall–Kier alpha value is -4.16. The summed E-state index contributed by atoms with van der Waals surface area (Å²) in [6, 6.07) is 32.6. The molecule has 4 rings (SSSR count). The summed E-state index contributed by atoms with van der Waals surface area (Å²) in [4.78, 5) is 0. The number of nitrogens with zero attached hydrogens (tertiary/aromatic N) is 1. The van der Waals surface area contributed by atoms with Gasteiger partial charge in [-0.05, 0) is 35.4 Å². The fourth-order valence-electron chi connectivity index (χ4n) is 4.25. The molecule has 0 unspecified atom stereocenters. The number of rotatable bonds is 10. The molecule has 1 N–H and O–H groups in total. The summed E-state index contributed by atoms with van der Waals surface area (Å²) in [5, 5.41) is 3.66. The summed E-state index contributed by atoms with van der Waals surface area (Å²) in [7, 11) is 6.53. The molecule has 0 heterocycles. The fourth-order valence-corrected chi connectivity index (χ4v) is 4.25. The van der Waals surface area contributed by atoms with Crippen molar-refractivity contribution in [3.63, 3.8) is 0 Å². The number of nitrogens with one attached hydrogen (secondary N) is 1. The predicted octanol–water partition coefficient (Wildman–Crippen LogP) is 3.00. The molecular weight excluding hydrogens is 500 g/mol. The van der Waals surface area contributed by atoms with E-state index in [0.29, 0.717) is 30.3 Å². The van der Waals surface area contributed by atoms with E-state index in [1.165, 1.54) is 11.1 Å². The lowest BCUT2D eigenvalue weighted by atomic mass is 10.1. The summed E-state index contributed by atoms with van der Waals surface area (Å²) in [6.07, 6.45) is 0. The van der Waals surface area contributed by atoms with Crippen LogP contribution >= 0.6 is 0 Å². The van der Waals surface area contributed by atoms with Crippen LogP contribution in [0, 0.1) is 0 Å². The number of amidine groups is 1. The topological polar surface area (TPSA) is 52.0 Å². The van der Waals surface area contributed by atoms with Gasteiger partial charge < -0.3 is 31.4 Å². The molecule has 0 spiro atoms. The summed E-state index contributed by atoms with van der Waals surface area (Å²) in [6.45, 7) is 1.34. The molecule has 0 aromatic heterocycles. The van der Waals surface area contributed by atoms with Crippen LogP contribution in [0.4, 0.5) is 5.69 Å². The van der Waals surface area contributed by atoms with Crippen LogP contribution in [0.15, 0.2) is 97.1 Å². The quantitative estimate of drug-likeness (QED) is 0.193. The smallest absolute Gasteiger partial charge is 0.283 e. The maximum absolute atomic E-state index is 5.69. The van der Waals surface area contributed by atoms with Crippen LogP contribution in [0.5, 0.6) is 23.0 Å². The fraction of sp³-hybridized carbons (Fsp3) is 0.194. The zero-order valence-corrected chi connectivity index (χ0v) is 22.9. The highest BCUT2D eigenvalue weighted by molar-refractivity contribution is 6.06. The van der Waals surface area contributed by atoms with Crippen LogP contribution < -0.4 is 36.7 Å². The van der Waals surface area contributed by atoms with E-state index < -0.39 is 0 Å². The van der Waals surface area contributed by atoms with E-state index >= 15 is 0 Å². The van der Waals surface area contributed by atoms with Crippen molar-refractivity contribution in [1.29, 1.82) is 0 Å². The monoisotopic (exact) mass is 532 g/mol. The predicted molar refractivity (Wildman–Crippen MR) is 147 cm³/mol. The second-order valence-electron chi connectivity index (χ2n) is 8.42. The molecule has 0 fully saturated rings. The van der Waals surface area contributed by atoms with Gasteiger partial charge in [0.1, 0.15) is 13.1 Å². The minimum atomic E-state index is 0. The molecule has 38 heavy (non-hydrogen) atoms. The molecule has 0 amide bonds. The Morgan fingerprint density at radius 2 is 1.08 bits per heavy atom. The van der Waals surface area contributed by atoms with Gasteiger partial charge in [0.15, 0.2) is 22.9 Å². The van der Waals surface area contributed by atoms with Crippen LogP contribution in [0.3, 0.4) is 0 Å². The lowest BCUT2D eigenvalue weighted by Crippen LogP contribution is -3.00. The number of hydrogen-bond acceptors (Lipinski definition) is 4. The van der Waals surface area contributed by atoms with Gasteiger partial charge in [0, 0.05) is 0 Å². The number of halogens is 1. The molecule has 6 nitrogen and oxygen atoms in total. The third-order valence-corrected chi connectivity index (χ3v) is 6.05. The molecule has 0 saturated heterocycles. The van der Waals surface area contributed by atoms with Gasteiger partial charge >= 0.3 is 0 Å². The molecule has 0 bridgehead atoms. The van der Waals surface area contributed by atoms with Crippen molar-refractivity contribution in [3.05, 3.63) is 114 Å². The van der Waals surface area contributed by atoms with E-state index in [1.807, 2.05) is 48.5 Å². The minimum Gasteiger partial charge on any atom is -1.00 e. The molecule has 4 aromatic carbocycles. The third kappa shape index (κ3) is 6.78. The highest BCUT2D eigenvalue weighted by Crippen LogP contribution is 2.38. The van der Waals surface area contributed by atoms with E-state index in [2.05, 4.69) is 58.4 Å². The van der Waals surface area contributed by atoms with Crippen LogP contribution in [0.25, 0.3) is 0 Å². The second-order valence-corrected chi connectivity index (χ2v) is 8.42. The maximum Gasteiger partial charge on any atom is 0.283 e. The molecule has 198 valence electrons. The molecule has 0 aliphatic rings. The first-order chi connectivity index (χ1) is 18.2. The molecule has 0 radical (unpaired) electrons. The number of hydrogen-bond donors (Lipinski definition) is 1. The molecule has 4 aromatic rings. The van der Waals surface area contributed by atoms with Crippen molar-refractivity contribution in [3.8, 4) is 23.0 Å². The summed E-state index contributed by atoms with van der Waals surface area (Å²) in [5.41, 5.74) is 4.10. The Bertz CT molecular complexity index is 1280. The van der Waals surface area contributed by atoms with E-state index in [-0.39, 0.29) is 12.4 Å². The summed E-state index contributed by atoms with van der Waals surface area (Å²) in [5.74, 6) is 3.32. The highest BCUT2D eigenvalue weighted by Gasteiger charge is 2.24. The summed E-state index contributed by atoms with van der Waals surface area (Å²) >= 11 is 0. The van der Waals surface area contributed by atoms with Gasteiger partial charge in [-0.3, -0.25) is 4.58 Å². The van der Waals surface area contributed by atoms with E-state index in [0.717, 1.165) is 22.8 Å². The molecule has 7 heteroatoms. The number of ether oxygens (including phenoxy) is 4. The zero-order valence-electron chi connectivity index (χ0n) is 22.1. The summed E-state index contributed by atoms with van der Waals surface area (Å²) < 4.78 is 24.9. The Labute approximate surface area is 230 Å². The Morgan fingerprint density at radius 3 is 1.55 bits per heavy atom. The largest absolute Gasteiger partial charge is 1.00 e. The molecule has 0 saturated carbocycles. The first kappa shape index (κ1) is 28.4. The van der Waals surface area contributed by atoms with Crippen molar-refractivity contribution >= 4 is 11.5 Å². The Balaban J connectivity index is 0.00000400. The van der Waals surface area contributed by atoms with Gasteiger partial charge in [-0.2, -0.15) is 0 Å². The van der Waals surface area contributed by atoms with Gasteiger partial charge in [-0.25, -0.2) is 5.32 Å². The second kappa shape index (κ2) is 14.0. The van der Waals surface area contributed by atoms with E-state index in [1.54, 1.807) is 28.4 Å². The van der Waals surface area contributed by atoms with Gasteiger partial charge in [0.2, 0.25) is 5.75 Å². The lowest BCUT2D eigenvalue weighted by molar-refractivity contribution is -0.559. The minimum absolute atomic E-state index is 0. The number of para-hydroxylation sites is 2. The van der Waals surface area contributed by atoms with Crippen molar-refractivity contribution in [2.24, 2.45) is 0 Å². The standard InChI is InChI=1S/C31H32N2O4.ClH/c1-34-27-18-12-11-17-26(27)32-31(25-19-28(35-2)30(37-4)29(20-25)36-3)33(21-23-13-7-5-8-14-23)22-24-15-9-6-10-16-24;/h5-20H,21-22H2,1-4H3;1H. The Kier molecular flexibility index (Phi) is 10.4. The van der Waals surface area contributed by atoms with Crippen molar-refractivity contribution in [1.82, 2.24) is 0 Å². The van der Waals surface area contributed by atoms with E-state index in [9.17, 15) is 0 Å². The first-order valence-electron chi connectivity index (χ1n) is 12.1. The SMILES string of the molecule is COc1ccccc1NC(c1cc(OC)c(OC)c(OC)c1)=[N+](Cc1ccccc1)Cc1ccccc1.[Cl-]. The van der Waals surface area contributed by atoms with Crippen molar-refractivity contribution < 1.29 is 35.9 Å². The number of anilines is 1. The zero-order chi connectivity index (χ0) is 26.0. The number of benzene rings is 4. The normalized spacial score (nSPS) is 10.1. The van der Waals surface area contributed by atoms with Crippen LogP contribution in [-0.2, 0) is 13.1 Å². The molecular formula is C31H33ClN2O4. The van der Waals surface area contributed by atoms with Crippen LogP contribution in [0.2, 0.25) is 0 Å². The lowest BCUT2D eigenvalue weighted by Gasteiger charge is -2.18. The van der Waals surface area contributed by atoms with E-state index in [4.69, 9.17) is 18.9 Å². The molecule has 0 aliphatic heterocycles. The average molecular weight is 533 g/mol. The highest BCUT2D eigenvalue weighted by atomic mass is 35.5. The Morgan fingerprint density at radius 1 is 0.605 bits per heavy atom. The van der Waals surface area contributed by atoms with Crippen LogP contribution in [0.1, 0.15) is 16.7 Å². The first-order valence-corrected chi connectivity index (χ1v) is 12.1. The third-order valence-electron chi connectivity index (χ3n) is 6.05. The van der Waals surface area contributed by atoms with Crippen molar-refractivity contribution in [2.75, 3.05) is 33.8 Å². The molecule has 0 aliphatic carbocycles. The van der Waals surface area contributed by atoms with Crippen molar-refractivity contribution in [2.45, 2.75) is 13.1 Å². The average Bonchev–Trinajstić information content (AvgIpc) is 2.96. The van der Waals surface area contributed by atoms with Gasteiger partial charge in [0.05, 0.1) is 34.0 Å². The van der Waals surface area contributed by atoms with Gasteiger partial charge in [-0.15, -0.1) is 0 Å². The van der Waals surface area contributed by atoms with Crippen LogP contribution in [-0.4, -0.2) is 38.9 Å².